The Labute approximate surface area is 100 Å². The van der Waals surface area contributed by atoms with Crippen LogP contribution in [0.4, 0.5) is 0 Å². The molecule has 0 spiro atoms. The van der Waals surface area contributed by atoms with E-state index in [9.17, 15) is 4.79 Å². The van der Waals surface area contributed by atoms with Crippen molar-refractivity contribution in [3.05, 3.63) is 33.7 Å². The van der Waals surface area contributed by atoms with Gasteiger partial charge in [0.15, 0.2) is 0 Å². The third-order valence-electron chi connectivity index (χ3n) is 2.39. The smallest absolute Gasteiger partial charge is 0.268 e. The Bertz CT molecular complexity index is 445. The second kappa shape index (κ2) is 6.39. The Morgan fingerprint density at radius 2 is 2.25 bits per heavy atom. The van der Waals surface area contributed by atoms with Crippen LogP contribution in [0.2, 0.25) is 0 Å². The lowest BCUT2D eigenvalue weighted by molar-refractivity contribution is 0.638. The van der Waals surface area contributed by atoms with Gasteiger partial charge in [-0.15, -0.1) is 0 Å². The standard InChI is InChI=1S/C12H16N2OS/c1-3-16-8-4-7-14-10(2)5-6-11(9-13)12(14)15/h5-6H,3-4,7-8H2,1-2H3. The van der Waals surface area contributed by atoms with E-state index in [4.69, 9.17) is 5.26 Å². The number of aryl methyl sites for hydroxylation is 1. The number of nitriles is 1. The number of hydrogen-bond acceptors (Lipinski definition) is 3. The Balaban J connectivity index is 2.79. The van der Waals surface area contributed by atoms with Crippen LogP contribution < -0.4 is 5.56 Å². The van der Waals surface area contributed by atoms with Crippen molar-refractivity contribution in [3.8, 4) is 6.07 Å². The van der Waals surface area contributed by atoms with Gasteiger partial charge < -0.3 is 4.57 Å². The highest BCUT2D eigenvalue weighted by Gasteiger charge is 2.04. The first-order valence-corrected chi connectivity index (χ1v) is 6.54. The van der Waals surface area contributed by atoms with E-state index in [2.05, 4.69) is 6.92 Å². The zero-order valence-corrected chi connectivity index (χ0v) is 10.5. The summed E-state index contributed by atoms with van der Waals surface area (Å²) in [7, 11) is 0. The van der Waals surface area contributed by atoms with Crippen molar-refractivity contribution in [2.24, 2.45) is 0 Å². The number of hydrogen-bond donors (Lipinski definition) is 0. The van der Waals surface area contributed by atoms with Gasteiger partial charge in [-0.2, -0.15) is 17.0 Å². The van der Waals surface area contributed by atoms with Crippen LogP contribution in [0.25, 0.3) is 0 Å². The molecule has 0 fully saturated rings. The van der Waals surface area contributed by atoms with Gasteiger partial charge in [-0.1, -0.05) is 6.92 Å². The van der Waals surface area contributed by atoms with Gasteiger partial charge in [0.05, 0.1) is 0 Å². The quantitative estimate of drug-likeness (QED) is 0.736. The number of pyridine rings is 1. The third-order valence-corrected chi connectivity index (χ3v) is 3.37. The predicted molar refractivity (Wildman–Crippen MR) is 67.8 cm³/mol. The molecule has 1 aromatic heterocycles. The summed E-state index contributed by atoms with van der Waals surface area (Å²) in [5.41, 5.74) is 0.989. The van der Waals surface area contributed by atoms with Gasteiger partial charge in [0.1, 0.15) is 11.6 Å². The molecule has 4 heteroatoms. The highest BCUT2D eigenvalue weighted by molar-refractivity contribution is 7.99. The lowest BCUT2D eigenvalue weighted by atomic mass is 10.2. The van der Waals surface area contributed by atoms with Crippen LogP contribution in [0.1, 0.15) is 24.6 Å². The molecule has 0 amide bonds. The maximum absolute atomic E-state index is 11.8. The molecular formula is C12H16N2OS. The van der Waals surface area contributed by atoms with E-state index < -0.39 is 0 Å². The van der Waals surface area contributed by atoms with Gasteiger partial charge in [0, 0.05) is 12.2 Å². The summed E-state index contributed by atoms with van der Waals surface area (Å²) in [5, 5.41) is 8.78. The minimum absolute atomic E-state index is 0.163. The van der Waals surface area contributed by atoms with Crippen molar-refractivity contribution >= 4 is 11.8 Å². The maximum Gasteiger partial charge on any atom is 0.268 e. The van der Waals surface area contributed by atoms with Gasteiger partial charge in [-0.05, 0) is 37.0 Å². The molecule has 0 unspecified atom stereocenters. The average molecular weight is 236 g/mol. The van der Waals surface area contributed by atoms with Crippen molar-refractivity contribution < 1.29 is 0 Å². The molecule has 0 bridgehead atoms. The first kappa shape index (κ1) is 12.9. The fourth-order valence-corrected chi connectivity index (χ4v) is 2.12. The van der Waals surface area contributed by atoms with Crippen molar-refractivity contribution in [2.75, 3.05) is 11.5 Å². The highest BCUT2D eigenvalue weighted by Crippen LogP contribution is 2.04. The van der Waals surface area contributed by atoms with Crippen molar-refractivity contribution in [2.45, 2.75) is 26.8 Å². The SMILES string of the molecule is CCSCCCn1c(C)ccc(C#N)c1=O. The molecule has 0 saturated heterocycles. The molecule has 0 atom stereocenters. The molecule has 0 N–H and O–H groups in total. The molecule has 3 nitrogen and oxygen atoms in total. The summed E-state index contributed by atoms with van der Waals surface area (Å²) in [5.74, 6) is 2.16. The molecule has 0 aliphatic carbocycles. The van der Waals surface area contributed by atoms with Crippen molar-refractivity contribution in [1.82, 2.24) is 4.57 Å². The Morgan fingerprint density at radius 3 is 2.88 bits per heavy atom. The van der Waals surface area contributed by atoms with Gasteiger partial charge in [0.25, 0.3) is 5.56 Å². The topological polar surface area (TPSA) is 45.8 Å². The molecule has 1 aromatic rings. The number of aromatic nitrogens is 1. The van der Waals surface area contributed by atoms with E-state index in [1.165, 1.54) is 0 Å². The fraction of sp³-hybridized carbons (Fsp3) is 0.500. The van der Waals surface area contributed by atoms with Gasteiger partial charge in [0.2, 0.25) is 0 Å². The van der Waals surface area contributed by atoms with Crippen LogP contribution in [0.15, 0.2) is 16.9 Å². The van der Waals surface area contributed by atoms with Crippen molar-refractivity contribution in [3.63, 3.8) is 0 Å². The zero-order valence-electron chi connectivity index (χ0n) is 9.69. The number of rotatable bonds is 5. The van der Waals surface area contributed by atoms with Crippen LogP contribution >= 0.6 is 11.8 Å². The van der Waals surface area contributed by atoms with Gasteiger partial charge in [-0.3, -0.25) is 4.79 Å². The lowest BCUT2D eigenvalue weighted by Crippen LogP contribution is -2.24. The third kappa shape index (κ3) is 3.14. The minimum atomic E-state index is -0.163. The lowest BCUT2D eigenvalue weighted by Gasteiger charge is -2.09. The molecular weight excluding hydrogens is 220 g/mol. The summed E-state index contributed by atoms with van der Waals surface area (Å²) >= 11 is 1.87. The van der Waals surface area contributed by atoms with Crippen LogP contribution in [0.3, 0.4) is 0 Å². The zero-order chi connectivity index (χ0) is 12.0. The molecule has 0 aromatic carbocycles. The molecule has 1 heterocycles. The van der Waals surface area contributed by atoms with Crippen LogP contribution in [-0.2, 0) is 6.54 Å². The van der Waals surface area contributed by atoms with E-state index in [0.717, 1.165) is 23.6 Å². The van der Waals surface area contributed by atoms with Gasteiger partial charge >= 0.3 is 0 Å². The van der Waals surface area contributed by atoms with Crippen LogP contribution in [0, 0.1) is 18.3 Å². The second-order valence-corrected chi connectivity index (χ2v) is 4.90. The predicted octanol–water partition coefficient (Wildman–Crippen LogP) is 2.17. The molecule has 1 rings (SSSR count). The summed E-state index contributed by atoms with van der Waals surface area (Å²) in [6, 6.07) is 5.34. The van der Waals surface area contributed by atoms with Crippen LogP contribution in [-0.4, -0.2) is 16.1 Å². The Morgan fingerprint density at radius 1 is 1.50 bits per heavy atom. The second-order valence-electron chi connectivity index (χ2n) is 3.51. The number of nitrogens with zero attached hydrogens (tertiary/aromatic N) is 2. The van der Waals surface area contributed by atoms with Gasteiger partial charge in [-0.25, -0.2) is 0 Å². The van der Waals surface area contributed by atoms with Crippen LogP contribution in [0.5, 0.6) is 0 Å². The van der Waals surface area contributed by atoms with E-state index in [0.29, 0.717) is 6.54 Å². The van der Waals surface area contributed by atoms with E-state index >= 15 is 0 Å². The molecule has 86 valence electrons. The fourth-order valence-electron chi connectivity index (χ4n) is 1.50. The number of thioether (sulfide) groups is 1. The van der Waals surface area contributed by atoms with E-state index in [1.807, 2.05) is 30.8 Å². The minimum Gasteiger partial charge on any atom is -0.312 e. The normalized spacial score (nSPS) is 10.1. The van der Waals surface area contributed by atoms with E-state index in [1.54, 1.807) is 10.6 Å². The maximum atomic E-state index is 11.8. The first-order valence-electron chi connectivity index (χ1n) is 5.39. The first-order chi connectivity index (χ1) is 7.70. The largest absolute Gasteiger partial charge is 0.312 e. The monoisotopic (exact) mass is 236 g/mol. The summed E-state index contributed by atoms with van der Waals surface area (Å²) in [6.45, 7) is 4.72. The molecule has 0 aliphatic rings. The molecule has 0 aliphatic heterocycles. The Hall–Kier alpha value is -1.21. The van der Waals surface area contributed by atoms with E-state index in [-0.39, 0.29) is 11.1 Å². The van der Waals surface area contributed by atoms with Crippen molar-refractivity contribution in [1.29, 1.82) is 5.26 Å². The summed E-state index contributed by atoms with van der Waals surface area (Å²) < 4.78 is 1.69. The summed E-state index contributed by atoms with van der Waals surface area (Å²) in [6.07, 6.45) is 0.966. The molecule has 0 saturated carbocycles. The molecule has 16 heavy (non-hydrogen) atoms. The highest BCUT2D eigenvalue weighted by atomic mass is 32.2. The Kier molecular flexibility index (Phi) is 5.13. The average Bonchev–Trinajstić information content (AvgIpc) is 2.28. The molecule has 0 radical (unpaired) electrons. The summed E-state index contributed by atoms with van der Waals surface area (Å²) in [4.78, 5) is 11.8.